The molecule has 0 atom stereocenters. The summed E-state index contributed by atoms with van der Waals surface area (Å²) in [6.45, 7) is 1.49. The molecule has 0 radical (unpaired) electrons. The number of rotatable bonds is 9. The molecular weight excluding hydrogens is 550 g/mol. The molecule has 0 saturated heterocycles. The smallest absolute Gasteiger partial charge is 0.324 e. The second-order valence-corrected chi connectivity index (χ2v) is 11.5. The second-order valence-electron chi connectivity index (χ2n) is 6.76. The minimum absolute atomic E-state index is 0.00642. The van der Waals surface area contributed by atoms with Gasteiger partial charge in [-0.05, 0) is 66.6 Å². The van der Waals surface area contributed by atoms with Crippen molar-refractivity contribution in [3.8, 4) is 0 Å². The number of hydrogen-bond donors (Lipinski definition) is 4. The van der Waals surface area contributed by atoms with Gasteiger partial charge >= 0.3 is 10.4 Å². The molecule has 188 valence electrons. The third-order valence-electron chi connectivity index (χ3n) is 4.14. The van der Waals surface area contributed by atoms with E-state index in [9.17, 15) is 29.8 Å². The van der Waals surface area contributed by atoms with Gasteiger partial charge < -0.3 is 10.6 Å². The Morgan fingerprint density at radius 1 is 0.857 bits per heavy atom. The first-order chi connectivity index (χ1) is 16.1. The highest BCUT2D eigenvalue weighted by molar-refractivity contribution is 7.92. The van der Waals surface area contributed by atoms with Crippen molar-refractivity contribution in [2.75, 3.05) is 16.6 Å². The van der Waals surface area contributed by atoms with Crippen LogP contribution in [0.5, 0.6) is 0 Å². The Morgan fingerprint density at radius 2 is 1.40 bits per heavy atom. The molecule has 4 N–H and O–H groups in total. The number of aryl methyl sites for hydroxylation is 1. The molecule has 0 bridgehead atoms. The van der Waals surface area contributed by atoms with Crippen LogP contribution in [0.4, 0.5) is 23.3 Å². The number of sulfone groups is 1. The van der Waals surface area contributed by atoms with Crippen molar-refractivity contribution < 1.29 is 38.5 Å². The molecule has 0 saturated carbocycles. The first-order valence-corrected chi connectivity index (χ1v) is 13.9. The predicted molar refractivity (Wildman–Crippen MR) is 124 cm³/mol. The molecule has 18 heteroatoms. The monoisotopic (exact) mass is 565 g/mol. The zero-order valence-corrected chi connectivity index (χ0v) is 20.7. The highest BCUT2D eigenvalue weighted by Crippen LogP contribution is 2.23. The second kappa shape index (κ2) is 9.97. The number of halogens is 1. The maximum absolute atomic E-state index is 12.1. The lowest BCUT2D eigenvalue weighted by Crippen LogP contribution is -2.14. The van der Waals surface area contributed by atoms with Gasteiger partial charge in [-0.3, -0.25) is 9.11 Å². The number of hydrogen-bond acceptors (Lipinski definition) is 12. The van der Waals surface area contributed by atoms with E-state index in [-0.39, 0.29) is 32.5 Å². The Hall–Kier alpha value is -2.93. The summed E-state index contributed by atoms with van der Waals surface area (Å²) in [5.41, 5.74) is 0.999. The zero-order valence-electron chi connectivity index (χ0n) is 17.4. The average molecular weight is 566 g/mol. The highest BCUT2D eigenvalue weighted by Gasteiger charge is 2.19. The van der Waals surface area contributed by atoms with E-state index in [2.05, 4.69) is 29.8 Å². The molecule has 14 nitrogen and oxygen atoms in total. The Labute approximate surface area is 205 Å². The molecular formula is C17H16ClN5O9S3. The third-order valence-corrected chi connectivity index (χ3v) is 7.31. The molecule has 0 aliphatic heterocycles. The summed E-state index contributed by atoms with van der Waals surface area (Å²) in [5, 5.41) is 5.41. The van der Waals surface area contributed by atoms with Gasteiger partial charge in [0, 0.05) is 11.4 Å². The largest absolute Gasteiger partial charge is 0.398 e. The molecule has 35 heavy (non-hydrogen) atoms. The van der Waals surface area contributed by atoms with Crippen LogP contribution in [0.25, 0.3) is 0 Å². The summed E-state index contributed by atoms with van der Waals surface area (Å²) in [5.74, 6) is -1.31. The summed E-state index contributed by atoms with van der Waals surface area (Å²) in [4.78, 5) is 11.4. The molecule has 2 aromatic carbocycles. The van der Waals surface area contributed by atoms with Gasteiger partial charge in [-0.1, -0.05) is 0 Å². The van der Waals surface area contributed by atoms with Crippen LogP contribution in [0.3, 0.4) is 0 Å². The number of nitrogens with zero attached hydrogens (tertiary/aromatic N) is 3. The van der Waals surface area contributed by atoms with Gasteiger partial charge in [0.1, 0.15) is 0 Å². The van der Waals surface area contributed by atoms with Crippen LogP contribution in [0, 0.1) is 6.92 Å². The maximum Gasteiger partial charge on any atom is 0.398 e. The molecule has 1 aromatic heterocycles. The predicted octanol–water partition coefficient (Wildman–Crippen LogP) is 2.12. The van der Waals surface area contributed by atoms with Gasteiger partial charge in [-0.15, -0.1) is 0 Å². The van der Waals surface area contributed by atoms with Crippen LogP contribution in [0.15, 0.2) is 52.3 Å². The van der Waals surface area contributed by atoms with Gasteiger partial charge in [0.15, 0.2) is 5.94 Å². The Bertz CT molecular complexity index is 1580. The van der Waals surface area contributed by atoms with Crippen molar-refractivity contribution in [3.05, 3.63) is 53.3 Å². The Morgan fingerprint density at radius 3 is 1.91 bits per heavy atom. The van der Waals surface area contributed by atoms with Crippen LogP contribution >= 0.6 is 11.6 Å². The number of nitrogens with one attached hydrogen (secondary N) is 2. The Balaban J connectivity index is 1.77. The third kappa shape index (κ3) is 7.52. The molecule has 3 rings (SSSR count). The SMILES string of the molecule is Cc1cc(Nc2nc(Cl)nc(Nc3ccc(S(=O)(=O)COS(=O)(=O)O)cc3)n2)ccc1S(=O)(=O)O. The minimum Gasteiger partial charge on any atom is -0.324 e. The molecule has 0 unspecified atom stereocenters. The molecule has 0 amide bonds. The van der Waals surface area contributed by atoms with E-state index in [0.29, 0.717) is 11.4 Å². The van der Waals surface area contributed by atoms with Crippen LogP contribution in [-0.4, -0.2) is 55.2 Å². The minimum atomic E-state index is -4.93. The van der Waals surface area contributed by atoms with Crippen molar-refractivity contribution in [2.45, 2.75) is 16.7 Å². The molecule has 1 heterocycles. The summed E-state index contributed by atoms with van der Waals surface area (Å²) >= 11 is 5.94. The van der Waals surface area contributed by atoms with Crippen LogP contribution < -0.4 is 10.6 Å². The topological polar surface area (TPSA) is 215 Å². The normalized spacial score (nSPS) is 12.3. The van der Waals surface area contributed by atoms with Gasteiger partial charge in [0.2, 0.25) is 27.0 Å². The number of benzene rings is 2. The quantitative estimate of drug-likeness (QED) is 0.273. The lowest BCUT2D eigenvalue weighted by atomic mass is 10.2. The average Bonchev–Trinajstić information content (AvgIpc) is 2.71. The van der Waals surface area contributed by atoms with E-state index < -0.39 is 36.3 Å². The Kier molecular flexibility index (Phi) is 7.60. The standard InChI is InChI=1S/C17H16ClN5O9S3/c1-10-8-12(4-7-14(10)34(26,27)28)20-17-22-15(18)21-16(23-17)19-11-2-5-13(6-3-11)33(24,25)9-32-35(29,30)31/h2-8H,9H2,1H3,(H,26,27,28)(H,29,30,31)(H2,19,20,21,22,23). The van der Waals surface area contributed by atoms with Crippen molar-refractivity contribution in [3.63, 3.8) is 0 Å². The highest BCUT2D eigenvalue weighted by atomic mass is 35.5. The lowest BCUT2D eigenvalue weighted by Gasteiger charge is -2.10. The van der Waals surface area contributed by atoms with E-state index in [1.165, 1.54) is 37.3 Å². The first-order valence-electron chi connectivity index (χ1n) is 9.11. The fourth-order valence-corrected chi connectivity index (χ4v) is 5.22. The molecule has 0 spiro atoms. The van der Waals surface area contributed by atoms with E-state index in [1.807, 2.05) is 0 Å². The van der Waals surface area contributed by atoms with Crippen LogP contribution in [-0.2, 0) is 34.5 Å². The van der Waals surface area contributed by atoms with E-state index in [1.54, 1.807) is 0 Å². The summed E-state index contributed by atoms with van der Waals surface area (Å²) in [6, 6.07) is 9.01. The maximum atomic E-state index is 12.1. The molecule has 0 fully saturated rings. The van der Waals surface area contributed by atoms with E-state index in [0.717, 1.165) is 12.1 Å². The molecule has 0 aliphatic carbocycles. The molecule has 0 aliphatic rings. The fraction of sp³-hybridized carbons (Fsp3) is 0.118. The van der Waals surface area contributed by atoms with E-state index in [4.69, 9.17) is 16.2 Å². The number of aromatic nitrogens is 3. The van der Waals surface area contributed by atoms with Gasteiger partial charge in [-0.25, -0.2) is 12.6 Å². The number of anilines is 4. The lowest BCUT2D eigenvalue weighted by molar-refractivity contribution is 0.306. The van der Waals surface area contributed by atoms with Gasteiger partial charge in [0.25, 0.3) is 10.1 Å². The summed E-state index contributed by atoms with van der Waals surface area (Å²) in [7, 11) is -13.5. The van der Waals surface area contributed by atoms with Crippen molar-refractivity contribution >= 4 is 65.2 Å². The summed E-state index contributed by atoms with van der Waals surface area (Å²) < 4.78 is 89.7. The van der Waals surface area contributed by atoms with Crippen molar-refractivity contribution in [2.24, 2.45) is 0 Å². The van der Waals surface area contributed by atoms with Crippen molar-refractivity contribution in [1.29, 1.82) is 0 Å². The van der Waals surface area contributed by atoms with Crippen molar-refractivity contribution in [1.82, 2.24) is 15.0 Å². The van der Waals surface area contributed by atoms with E-state index >= 15 is 0 Å². The van der Waals surface area contributed by atoms with Crippen LogP contribution in [0.2, 0.25) is 5.28 Å². The van der Waals surface area contributed by atoms with Gasteiger partial charge in [0.05, 0.1) is 9.79 Å². The first kappa shape index (κ1) is 26.7. The zero-order chi connectivity index (χ0) is 26.0. The van der Waals surface area contributed by atoms with Crippen LogP contribution in [0.1, 0.15) is 5.56 Å². The molecule has 3 aromatic rings. The van der Waals surface area contributed by atoms with Gasteiger partial charge in [-0.2, -0.15) is 31.8 Å². The summed E-state index contributed by atoms with van der Waals surface area (Å²) in [6.07, 6.45) is 0. The fourth-order valence-electron chi connectivity index (χ4n) is 2.67.